The lowest BCUT2D eigenvalue weighted by Crippen LogP contribution is -1.99. The molecule has 0 atom stereocenters. The summed E-state index contributed by atoms with van der Waals surface area (Å²) in [7, 11) is 0. The molecule has 0 spiro atoms. The maximum absolute atomic E-state index is 10.7. The van der Waals surface area contributed by atoms with Crippen molar-refractivity contribution in [2.45, 2.75) is 6.42 Å². The Morgan fingerprint density at radius 1 is 1.32 bits per heavy atom. The molecular formula is C14H10N2O2S. The predicted molar refractivity (Wildman–Crippen MR) is 74.2 cm³/mol. The number of rotatable bonds is 3. The number of carboxylic acid groups (broad SMARTS) is 1. The number of aliphatic carboxylic acids is 1. The number of carbonyl (C=O) groups is 1. The highest BCUT2D eigenvalue weighted by molar-refractivity contribution is 7.21. The summed E-state index contributed by atoms with van der Waals surface area (Å²) >= 11 is 1.58. The van der Waals surface area contributed by atoms with Gasteiger partial charge in [-0.05, 0) is 29.8 Å². The van der Waals surface area contributed by atoms with E-state index in [2.05, 4.69) is 9.97 Å². The van der Waals surface area contributed by atoms with E-state index in [0.717, 1.165) is 26.4 Å². The molecule has 0 aliphatic carbocycles. The van der Waals surface area contributed by atoms with Crippen molar-refractivity contribution in [3.63, 3.8) is 0 Å². The molecule has 0 aliphatic heterocycles. The number of fused-ring (bicyclic) bond motifs is 1. The van der Waals surface area contributed by atoms with Crippen LogP contribution in [0.25, 0.3) is 20.8 Å². The van der Waals surface area contributed by atoms with Gasteiger partial charge in [0.05, 0.1) is 16.6 Å². The first-order chi connectivity index (χ1) is 9.22. The summed E-state index contributed by atoms with van der Waals surface area (Å²) in [5, 5.41) is 9.69. The number of thiazole rings is 1. The molecule has 0 unspecified atom stereocenters. The summed E-state index contributed by atoms with van der Waals surface area (Å²) in [6, 6.07) is 9.42. The standard InChI is InChI=1S/C14H10N2O2S/c17-13(18)7-9-3-4-12-11(6-9)16-14(19-12)10-2-1-5-15-8-10/h1-6,8H,7H2,(H,17,18). The van der Waals surface area contributed by atoms with Gasteiger partial charge >= 0.3 is 5.97 Å². The third-order valence-electron chi connectivity index (χ3n) is 2.72. The number of carboxylic acids is 1. The Morgan fingerprint density at radius 2 is 2.21 bits per heavy atom. The lowest BCUT2D eigenvalue weighted by molar-refractivity contribution is -0.136. The van der Waals surface area contributed by atoms with Gasteiger partial charge in [-0.3, -0.25) is 9.78 Å². The summed E-state index contributed by atoms with van der Waals surface area (Å²) in [6.45, 7) is 0. The topological polar surface area (TPSA) is 63.1 Å². The largest absolute Gasteiger partial charge is 0.481 e. The zero-order chi connectivity index (χ0) is 13.2. The fourth-order valence-corrected chi connectivity index (χ4v) is 2.81. The number of hydrogen-bond donors (Lipinski definition) is 1. The lowest BCUT2D eigenvalue weighted by atomic mass is 10.1. The van der Waals surface area contributed by atoms with Gasteiger partial charge in [0.15, 0.2) is 0 Å². The van der Waals surface area contributed by atoms with Crippen LogP contribution in [0.4, 0.5) is 0 Å². The highest BCUT2D eigenvalue weighted by atomic mass is 32.1. The van der Waals surface area contributed by atoms with Crippen molar-refractivity contribution in [1.82, 2.24) is 9.97 Å². The normalized spacial score (nSPS) is 10.7. The molecule has 2 aromatic heterocycles. The maximum atomic E-state index is 10.7. The Labute approximate surface area is 113 Å². The summed E-state index contributed by atoms with van der Waals surface area (Å²) in [6.07, 6.45) is 3.52. The lowest BCUT2D eigenvalue weighted by Gasteiger charge is -1.95. The average Bonchev–Trinajstić information content (AvgIpc) is 2.82. The van der Waals surface area contributed by atoms with Crippen LogP contribution in [0.2, 0.25) is 0 Å². The number of pyridine rings is 1. The van der Waals surface area contributed by atoms with Gasteiger partial charge in [0.25, 0.3) is 0 Å². The van der Waals surface area contributed by atoms with E-state index in [4.69, 9.17) is 5.11 Å². The minimum Gasteiger partial charge on any atom is -0.481 e. The van der Waals surface area contributed by atoms with E-state index in [-0.39, 0.29) is 6.42 Å². The minimum absolute atomic E-state index is 0.0235. The van der Waals surface area contributed by atoms with Crippen molar-refractivity contribution in [2.24, 2.45) is 0 Å². The Bertz CT molecular complexity index is 738. The van der Waals surface area contributed by atoms with Crippen molar-refractivity contribution < 1.29 is 9.90 Å². The first-order valence-corrected chi connectivity index (χ1v) is 6.56. The highest BCUT2D eigenvalue weighted by Gasteiger charge is 2.08. The van der Waals surface area contributed by atoms with Crippen LogP contribution in [0.15, 0.2) is 42.7 Å². The molecule has 0 saturated heterocycles. The van der Waals surface area contributed by atoms with Crippen LogP contribution in [0.5, 0.6) is 0 Å². The number of nitrogens with zero attached hydrogens (tertiary/aromatic N) is 2. The van der Waals surface area contributed by atoms with Crippen molar-refractivity contribution >= 4 is 27.5 Å². The fraction of sp³-hybridized carbons (Fsp3) is 0.0714. The van der Waals surface area contributed by atoms with Gasteiger partial charge in [-0.25, -0.2) is 4.98 Å². The zero-order valence-electron chi connectivity index (χ0n) is 9.91. The van der Waals surface area contributed by atoms with Crippen LogP contribution in [-0.2, 0) is 11.2 Å². The van der Waals surface area contributed by atoms with Crippen molar-refractivity contribution in [3.05, 3.63) is 48.3 Å². The van der Waals surface area contributed by atoms with Gasteiger partial charge in [0.2, 0.25) is 0 Å². The Kier molecular flexibility index (Phi) is 2.97. The zero-order valence-corrected chi connectivity index (χ0v) is 10.7. The van der Waals surface area contributed by atoms with Gasteiger partial charge < -0.3 is 5.11 Å². The summed E-state index contributed by atoms with van der Waals surface area (Å²) in [5.74, 6) is -0.831. The summed E-state index contributed by atoms with van der Waals surface area (Å²) in [4.78, 5) is 19.3. The molecule has 5 heteroatoms. The molecule has 3 rings (SSSR count). The molecule has 4 nitrogen and oxygen atoms in total. The molecular weight excluding hydrogens is 260 g/mol. The molecule has 19 heavy (non-hydrogen) atoms. The van der Waals surface area contributed by atoms with Crippen LogP contribution < -0.4 is 0 Å². The summed E-state index contributed by atoms with van der Waals surface area (Å²) < 4.78 is 1.05. The van der Waals surface area contributed by atoms with E-state index >= 15 is 0 Å². The number of hydrogen-bond acceptors (Lipinski definition) is 4. The molecule has 1 aromatic carbocycles. The predicted octanol–water partition coefficient (Wildman–Crippen LogP) is 2.99. The second kappa shape index (κ2) is 4.78. The van der Waals surface area contributed by atoms with E-state index in [1.54, 1.807) is 23.7 Å². The maximum Gasteiger partial charge on any atom is 0.307 e. The van der Waals surface area contributed by atoms with Gasteiger partial charge in [-0.1, -0.05) is 6.07 Å². The first kappa shape index (κ1) is 11.8. The highest BCUT2D eigenvalue weighted by Crippen LogP contribution is 2.30. The monoisotopic (exact) mass is 270 g/mol. The number of benzene rings is 1. The average molecular weight is 270 g/mol. The van der Waals surface area contributed by atoms with Gasteiger partial charge in [-0.2, -0.15) is 0 Å². The van der Waals surface area contributed by atoms with E-state index < -0.39 is 5.97 Å². The molecule has 94 valence electrons. The van der Waals surface area contributed by atoms with Gasteiger partial charge in [-0.15, -0.1) is 11.3 Å². The van der Waals surface area contributed by atoms with E-state index in [1.165, 1.54) is 0 Å². The molecule has 0 radical (unpaired) electrons. The smallest absolute Gasteiger partial charge is 0.307 e. The van der Waals surface area contributed by atoms with E-state index in [1.807, 2.05) is 30.3 Å². The molecule has 0 fully saturated rings. The third kappa shape index (κ3) is 2.46. The van der Waals surface area contributed by atoms with E-state index in [0.29, 0.717) is 0 Å². The number of aromatic nitrogens is 2. The Balaban J connectivity index is 2.04. The molecule has 0 amide bonds. The quantitative estimate of drug-likeness (QED) is 0.794. The Hall–Kier alpha value is -2.27. The van der Waals surface area contributed by atoms with Gasteiger partial charge in [0, 0.05) is 18.0 Å². The van der Waals surface area contributed by atoms with E-state index in [9.17, 15) is 4.79 Å². The van der Waals surface area contributed by atoms with Crippen LogP contribution in [0.3, 0.4) is 0 Å². The van der Waals surface area contributed by atoms with Crippen molar-refractivity contribution in [1.29, 1.82) is 0 Å². The van der Waals surface area contributed by atoms with Crippen LogP contribution in [-0.4, -0.2) is 21.0 Å². The van der Waals surface area contributed by atoms with Crippen LogP contribution in [0.1, 0.15) is 5.56 Å². The fourth-order valence-electron chi connectivity index (χ4n) is 1.87. The van der Waals surface area contributed by atoms with Crippen molar-refractivity contribution in [2.75, 3.05) is 0 Å². The minimum atomic E-state index is -0.831. The van der Waals surface area contributed by atoms with Crippen LogP contribution in [0, 0.1) is 0 Å². The Morgan fingerprint density at radius 3 is 2.95 bits per heavy atom. The molecule has 2 heterocycles. The van der Waals surface area contributed by atoms with Crippen LogP contribution >= 0.6 is 11.3 Å². The van der Waals surface area contributed by atoms with Gasteiger partial charge in [0.1, 0.15) is 5.01 Å². The molecule has 0 saturated carbocycles. The molecule has 0 aliphatic rings. The SMILES string of the molecule is O=C(O)Cc1ccc2sc(-c3cccnc3)nc2c1. The first-order valence-electron chi connectivity index (χ1n) is 5.74. The summed E-state index contributed by atoms with van der Waals surface area (Å²) in [5.41, 5.74) is 2.58. The second-order valence-electron chi connectivity index (χ2n) is 4.13. The third-order valence-corrected chi connectivity index (χ3v) is 3.80. The molecule has 0 bridgehead atoms. The molecule has 3 aromatic rings. The van der Waals surface area contributed by atoms with Crippen molar-refractivity contribution in [3.8, 4) is 10.6 Å². The molecule has 1 N–H and O–H groups in total. The second-order valence-corrected chi connectivity index (χ2v) is 5.16.